The van der Waals surface area contributed by atoms with Gasteiger partial charge in [0, 0.05) is 12.1 Å². The first kappa shape index (κ1) is 20.4. The quantitative estimate of drug-likeness (QED) is 0.499. The molecular formula is C18H28N4O3S2. The fraction of sp³-hybridized carbons (Fsp3) is 0.778. The SMILES string of the molecule is C[C@@H](OC(=O)CSc1nnc(NC2CCCCC2)s1)C(=O)NC1CCCC1. The lowest BCUT2D eigenvalue weighted by Gasteiger charge is -2.21. The summed E-state index contributed by atoms with van der Waals surface area (Å²) in [5.74, 6) is -0.500. The number of carbonyl (C=O) groups excluding carboxylic acids is 2. The van der Waals surface area contributed by atoms with Gasteiger partial charge in [0.2, 0.25) is 5.13 Å². The Morgan fingerprint density at radius 2 is 1.78 bits per heavy atom. The van der Waals surface area contributed by atoms with Crippen molar-refractivity contribution in [3.05, 3.63) is 0 Å². The van der Waals surface area contributed by atoms with Crippen LogP contribution in [0.5, 0.6) is 0 Å². The van der Waals surface area contributed by atoms with Gasteiger partial charge in [0.15, 0.2) is 10.4 Å². The first-order chi connectivity index (χ1) is 13.1. The third-order valence-electron chi connectivity index (χ3n) is 5.03. The Labute approximate surface area is 168 Å². The van der Waals surface area contributed by atoms with Gasteiger partial charge in [-0.3, -0.25) is 9.59 Å². The Bertz CT molecular complexity index is 628. The van der Waals surface area contributed by atoms with Crippen LogP contribution in [0.4, 0.5) is 5.13 Å². The van der Waals surface area contributed by atoms with E-state index in [0.717, 1.165) is 35.2 Å². The monoisotopic (exact) mass is 412 g/mol. The molecule has 2 aliphatic carbocycles. The second-order valence-electron chi connectivity index (χ2n) is 7.26. The number of ether oxygens (including phenoxy) is 1. The van der Waals surface area contributed by atoms with E-state index in [1.807, 2.05) is 0 Å². The normalized spacial score (nSPS) is 19.6. The van der Waals surface area contributed by atoms with Crippen LogP contribution >= 0.6 is 23.1 Å². The molecule has 9 heteroatoms. The molecule has 0 aliphatic heterocycles. The Morgan fingerprint density at radius 3 is 2.52 bits per heavy atom. The Balaban J connectivity index is 1.36. The topological polar surface area (TPSA) is 93.2 Å². The van der Waals surface area contributed by atoms with Crippen molar-refractivity contribution in [1.29, 1.82) is 0 Å². The molecule has 3 rings (SSSR count). The van der Waals surface area contributed by atoms with E-state index in [9.17, 15) is 9.59 Å². The number of anilines is 1. The number of rotatable bonds is 8. The number of carbonyl (C=O) groups is 2. The Hall–Kier alpha value is -1.35. The summed E-state index contributed by atoms with van der Waals surface area (Å²) in [6.07, 6.45) is 9.74. The Morgan fingerprint density at radius 1 is 1.11 bits per heavy atom. The molecule has 1 aromatic rings. The van der Waals surface area contributed by atoms with E-state index in [0.29, 0.717) is 6.04 Å². The molecule has 1 heterocycles. The van der Waals surface area contributed by atoms with Crippen molar-refractivity contribution in [1.82, 2.24) is 15.5 Å². The van der Waals surface area contributed by atoms with Crippen molar-refractivity contribution >= 4 is 40.1 Å². The molecule has 0 aromatic carbocycles. The van der Waals surface area contributed by atoms with Crippen LogP contribution in [-0.2, 0) is 14.3 Å². The van der Waals surface area contributed by atoms with E-state index < -0.39 is 12.1 Å². The highest BCUT2D eigenvalue weighted by atomic mass is 32.2. The molecule has 2 saturated carbocycles. The number of thioether (sulfide) groups is 1. The molecule has 2 N–H and O–H groups in total. The third-order valence-corrected chi connectivity index (χ3v) is 6.99. The van der Waals surface area contributed by atoms with Crippen molar-refractivity contribution in [3.63, 3.8) is 0 Å². The highest BCUT2D eigenvalue weighted by Crippen LogP contribution is 2.28. The van der Waals surface area contributed by atoms with Gasteiger partial charge in [0.05, 0.1) is 5.75 Å². The van der Waals surface area contributed by atoms with Crippen molar-refractivity contribution in [2.45, 2.75) is 87.2 Å². The first-order valence-corrected chi connectivity index (χ1v) is 11.6. The zero-order valence-corrected chi connectivity index (χ0v) is 17.4. The van der Waals surface area contributed by atoms with E-state index in [1.165, 1.54) is 55.2 Å². The molecule has 150 valence electrons. The summed E-state index contributed by atoms with van der Waals surface area (Å²) in [5.41, 5.74) is 0. The minimum atomic E-state index is -0.767. The lowest BCUT2D eigenvalue weighted by atomic mass is 9.96. The van der Waals surface area contributed by atoms with Crippen LogP contribution in [0, 0.1) is 0 Å². The van der Waals surface area contributed by atoms with Crippen LogP contribution in [-0.4, -0.2) is 46.0 Å². The molecule has 0 unspecified atom stereocenters. The molecule has 2 aliphatic rings. The van der Waals surface area contributed by atoms with Crippen molar-refractivity contribution in [3.8, 4) is 0 Å². The average molecular weight is 413 g/mol. The summed E-state index contributed by atoms with van der Waals surface area (Å²) in [5, 5.41) is 15.5. The molecule has 1 atom stereocenters. The van der Waals surface area contributed by atoms with E-state index in [2.05, 4.69) is 20.8 Å². The zero-order valence-electron chi connectivity index (χ0n) is 15.7. The zero-order chi connectivity index (χ0) is 19.1. The van der Waals surface area contributed by atoms with Crippen LogP contribution < -0.4 is 10.6 Å². The second kappa shape index (κ2) is 10.3. The van der Waals surface area contributed by atoms with E-state index >= 15 is 0 Å². The lowest BCUT2D eigenvalue weighted by molar-refractivity contribution is -0.152. The van der Waals surface area contributed by atoms with Gasteiger partial charge >= 0.3 is 5.97 Å². The predicted octanol–water partition coefficient (Wildman–Crippen LogP) is 3.37. The summed E-state index contributed by atoms with van der Waals surface area (Å²) in [6.45, 7) is 1.62. The fourth-order valence-corrected chi connectivity index (χ4v) is 5.15. The van der Waals surface area contributed by atoms with E-state index in [-0.39, 0.29) is 17.7 Å². The summed E-state index contributed by atoms with van der Waals surface area (Å²) < 4.78 is 5.97. The molecule has 2 fully saturated rings. The number of hydrogen-bond acceptors (Lipinski definition) is 8. The number of nitrogens with zero attached hydrogens (tertiary/aromatic N) is 2. The van der Waals surface area contributed by atoms with Gasteiger partial charge in [-0.25, -0.2) is 0 Å². The highest BCUT2D eigenvalue weighted by molar-refractivity contribution is 8.01. The molecule has 1 amide bonds. The highest BCUT2D eigenvalue weighted by Gasteiger charge is 2.23. The van der Waals surface area contributed by atoms with Crippen LogP contribution in [0.1, 0.15) is 64.7 Å². The second-order valence-corrected chi connectivity index (χ2v) is 9.46. The summed E-state index contributed by atoms with van der Waals surface area (Å²) in [4.78, 5) is 24.1. The van der Waals surface area contributed by atoms with E-state index in [1.54, 1.807) is 6.92 Å². The van der Waals surface area contributed by atoms with Crippen LogP contribution in [0.25, 0.3) is 0 Å². The minimum absolute atomic E-state index is 0.124. The van der Waals surface area contributed by atoms with Gasteiger partial charge in [-0.1, -0.05) is 55.2 Å². The number of aromatic nitrogens is 2. The maximum Gasteiger partial charge on any atom is 0.317 e. The van der Waals surface area contributed by atoms with Crippen LogP contribution in [0.3, 0.4) is 0 Å². The van der Waals surface area contributed by atoms with E-state index in [4.69, 9.17) is 4.74 Å². The maximum absolute atomic E-state index is 12.1. The minimum Gasteiger partial charge on any atom is -0.452 e. The first-order valence-electron chi connectivity index (χ1n) is 9.83. The number of esters is 1. The summed E-state index contributed by atoms with van der Waals surface area (Å²) in [6, 6.07) is 0.707. The molecule has 0 saturated heterocycles. The molecule has 0 spiro atoms. The molecule has 1 aromatic heterocycles. The van der Waals surface area contributed by atoms with Gasteiger partial charge in [0.1, 0.15) is 0 Å². The molecule has 7 nitrogen and oxygen atoms in total. The molecular weight excluding hydrogens is 384 g/mol. The lowest BCUT2D eigenvalue weighted by Crippen LogP contribution is -2.41. The van der Waals surface area contributed by atoms with Crippen molar-refractivity contribution in [2.24, 2.45) is 0 Å². The fourth-order valence-electron chi connectivity index (χ4n) is 3.54. The van der Waals surface area contributed by atoms with Crippen molar-refractivity contribution < 1.29 is 14.3 Å². The molecule has 0 radical (unpaired) electrons. The third kappa shape index (κ3) is 6.64. The average Bonchev–Trinajstić information content (AvgIpc) is 3.33. The molecule has 27 heavy (non-hydrogen) atoms. The van der Waals surface area contributed by atoms with Crippen LogP contribution in [0.2, 0.25) is 0 Å². The van der Waals surface area contributed by atoms with Gasteiger partial charge in [-0.05, 0) is 32.6 Å². The number of amides is 1. The number of hydrogen-bond donors (Lipinski definition) is 2. The largest absolute Gasteiger partial charge is 0.452 e. The summed E-state index contributed by atoms with van der Waals surface area (Å²) in [7, 11) is 0. The maximum atomic E-state index is 12.1. The molecule has 0 bridgehead atoms. The van der Waals surface area contributed by atoms with Gasteiger partial charge in [-0.15, -0.1) is 10.2 Å². The van der Waals surface area contributed by atoms with Gasteiger partial charge < -0.3 is 15.4 Å². The van der Waals surface area contributed by atoms with Crippen LogP contribution in [0.15, 0.2) is 4.34 Å². The van der Waals surface area contributed by atoms with Gasteiger partial charge in [0.25, 0.3) is 5.91 Å². The standard InChI is InChI=1S/C18H28N4O3S2/c1-12(16(24)19-13-9-5-6-10-13)25-15(23)11-26-18-22-21-17(27-18)20-14-7-3-2-4-8-14/h12-14H,2-11H2,1H3,(H,19,24)(H,20,21)/t12-/m1/s1. The predicted molar refractivity (Wildman–Crippen MR) is 107 cm³/mol. The summed E-state index contributed by atoms with van der Waals surface area (Å²) >= 11 is 2.75. The Kier molecular flexibility index (Phi) is 7.75. The van der Waals surface area contributed by atoms with Crippen molar-refractivity contribution in [2.75, 3.05) is 11.1 Å². The van der Waals surface area contributed by atoms with Gasteiger partial charge in [-0.2, -0.15) is 0 Å². The smallest absolute Gasteiger partial charge is 0.317 e. The number of nitrogens with one attached hydrogen (secondary N) is 2.